The Morgan fingerprint density at radius 2 is 1.71 bits per heavy atom. The summed E-state index contributed by atoms with van der Waals surface area (Å²) in [5, 5.41) is 0. The summed E-state index contributed by atoms with van der Waals surface area (Å²) in [7, 11) is 0. The topological polar surface area (TPSA) is 9.23 Å². The zero-order valence-corrected chi connectivity index (χ0v) is 9.81. The van der Waals surface area contributed by atoms with Gasteiger partial charge in [-0.1, -0.05) is 20.8 Å². The minimum absolute atomic E-state index is 0.130. The van der Waals surface area contributed by atoms with E-state index < -0.39 is 12.2 Å². The summed E-state index contributed by atoms with van der Waals surface area (Å²) in [6, 6.07) is 3.07. The van der Waals surface area contributed by atoms with Crippen molar-refractivity contribution in [2.24, 2.45) is 5.92 Å². The number of ether oxygens (including phenoxy) is 1. The average molecular weight is 250 g/mol. The van der Waals surface area contributed by atoms with Crippen LogP contribution in [0.15, 0.2) is 18.2 Å². The van der Waals surface area contributed by atoms with Gasteiger partial charge in [0.1, 0.15) is 11.6 Å². The highest BCUT2D eigenvalue weighted by molar-refractivity contribution is 5.32. The fourth-order valence-electron chi connectivity index (χ4n) is 1.43. The molecule has 0 aliphatic carbocycles. The highest BCUT2D eigenvalue weighted by Gasteiger charge is 2.31. The highest BCUT2D eigenvalue weighted by atomic mass is 19.4. The molecule has 0 N–H and O–H groups in total. The third kappa shape index (κ3) is 3.91. The summed E-state index contributed by atoms with van der Waals surface area (Å²) < 4.78 is 53.3. The van der Waals surface area contributed by atoms with Crippen molar-refractivity contribution >= 4 is 0 Å². The van der Waals surface area contributed by atoms with Crippen molar-refractivity contribution in [3.63, 3.8) is 0 Å². The van der Waals surface area contributed by atoms with E-state index in [9.17, 15) is 17.6 Å². The molecule has 5 heteroatoms. The SMILES string of the molecule is CC(C)C(C)c1cc(OC(F)(F)F)ccc1F. The van der Waals surface area contributed by atoms with E-state index in [1.807, 2.05) is 13.8 Å². The molecule has 17 heavy (non-hydrogen) atoms. The Balaban J connectivity index is 3.02. The summed E-state index contributed by atoms with van der Waals surface area (Å²) in [5.74, 6) is -0.945. The van der Waals surface area contributed by atoms with E-state index in [0.717, 1.165) is 18.2 Å². The quantitative estimate of drug-likeness (QED) is 0.718. The lowest BCUT2D eigenvalue weighted by atomic mass is 9.90. The molecule has 0 bridgehead atoms. The van der Waals surface area contributed by atoms with Crippen molar-refractivity contribution in [2.45, 2.75) is 33.1 Å². The fourth-order valence-corrected chi connectivity index (χ4v) is 1.43. The fraction of sp³-hybridized carbons (Fsp3) is 0.500. The van der Waals surface area contributed by atoms with Crippen LogP contribution in [-0.4, -0.2) is 6.36 Å². The molecule has 1 atom stereocenters. The Morgan fingerprint density at radius 1 is 1.12 bits per heavy atom. The van der Waals surface area contributed by atoms with E-state index in [1.165, 1.54) is 0 Å². The van der Waals surface area contributed by atoms with Crippen molar-refractivity contribution in [1.29, 1.82) is 0 Å². The Kier molecular flexibility index (Phi) is 4.01. The molecule has 0 aromatic heterocycles. The molecule has 0 heterocycles. The van der Waals surface area contributed by atoms with Gasteiger partial charge in [-0.05, 0) is 35.6 Å². The number of hydrogen-bond donors (Lipinski definition) is 0. The molecule has 0 spiro atoms. The van der Waals surface area contributed by atoms with Crippen molar-refractivity contribution in [3.05, 3.63) is 29.6 Å². The maximum atomic E-state index is 13.5. The number of alkyl halides is 3. The van der Waals surface area contributed by atoms with Crippen LogP contribution in [0.25, 0.3) is 0 Å². The van der Waals surface area contributed by atoms with E-state index in [0.29, 0.717) is 0 Å². The van der Waals surface area contributed by atoms with Gasteiger partial charge in [-0.3, -0.25) is 0 Å². The summed E-state index contributed by atoms with van der Waals surface area (Å²) in [4.78, 5) is 0. The smallest absolute Gasteiger partial charge is 0.406 e. The van der Waals surface area contributed by atoms with Crippen LogP contribution >= 0.6 is 0 Å². The van der Waals surface area contributed by atoms with Crippen LogP contribution in [0, 0.1) is 11.7 Å². The lowest BCUT2D eigenvalue weighted by Crippen LogP contribution is -2.17. The van der Waals surface area contributed by atoms with Gasteiger partial charge in [-0.25, -0.2) is 4.39 Å². The first-order valence-electron chi connectivity index (χ1n) is 5.26. The predicted octanol–water partition coefficient (Wildman–Crippen LogP) is 4.48. The Morgan fingerprint density at radius 3 is 2.18 bits per heavy atom. The Bertz CT molecular complexity index is 385. The molecular weight excluding hydrogens is 236 g/mol. The van der Waals surface area contributed by atoms with Gasteiger partial charge in [-0.2, -0.15) is 0 Å². The van der Waals surface area contributed by atoms with Crippen molar-refractivity contribution < 1.29 is 22.3 Å². The van der Waals surface area contributed by atoms with Crippen LogP contribution in [0.1, 0.15) is 32.3 Å². The van der Waals surface area contributed by atoms with Gasteiger partial charge in [0.05, 0.1) is 0 Å². The number of benzene rings is 1. The van der Waals surface area contributed by atoms with Gasteiger partial charge in [-0.15, -0.1) is 13.2 Å². The highest BCUT2D eigenvalue weighted by Crippen LogP contribution is 2.31. The number of hydrogen-bond acceptors (Lipinski definition) is 1. The first kappa shape index (κ1) is 13.8. The van der Waals surface area contributed by atoms with E-state index in [4.69, 9.17) is 0 Å². The van der Waals surface area contributed by atoms with E-state index in [-0.39, 0.29) is 23.1 Å². The van der Waals surface area contributed by atoms with E-state index >= 15 is 0 Å². The normalized spacial score (nSPS) is 13.9. The third-order valence-corrected chi connectivity index (χ3v) is 2.69. The summed E-state index contributed by atoms with van der Waals surface area (Å²) in [6.45, 7) is 5.52. The van der Waals surface area contributed by atoms with Crippen molar-refractivity contribution in [3.8, 4) is 5.75 Å². The second-order valence-corrected chi connectivity index (χ2v) is 4.26. The minimum Gasteiger partial charge on any atom is -0.406 e. The summed E-state index contributed by atoms with van der Waals surface area (Å²) >= 11 is 0. The molecule has 1 unspecified atom stereocenters. The lowest BCUT2D eigenvalue weighted by Gasteiger charge is -2.18. The first-order valence-corrected chi connectivity index (χ1v) is 5.26. The van der Waals surface area contributed by atoms with Crippen LogP contribution in [0.2, 0.25) is 0 Å². The Labute approximate surface area is 97.4 Å². The first-order chi connectivity index (χ1) is 7.70. The molecule has 0 aliphatic heterocycles. The van der Waals surface area contributed by atoms with Gasteiger partial charge in [0.2, 0.25) is 0 Å². The monoisotopic (exact) mass is 250 g/mol. The molecular formula is C12H14F4O. The second-order valence-electron chi connectivity index (χ2n) is 4.26. The van der Waals surface area contributed by atoms with Gasteiger partial charge in [0.25, 0.3) is 0 Å². The van der Waals surface area contributed by atoms with Crippen LogP contribution in [0.5, 0.6) is 5.75 Å². The zero-order valence-electron chi connectivity index (χ0n) is 9.81. The molecule has 0 radical (unpaired) electrons. The van der Waals surface area contributed by atoms with Crippen LogP contribution < -0.4 is 4.74 Å². The number of rotatable bonds is 3. The Hall–Kier alpha value is -1.26. The number of halogens is 4. The van der Waals surface area contributed by atoms with Crippen molar-refractivity contribution in [1.82, 2.24) is 0 Å². The molecule has 1 rings (SSSR count). The molecule has 0 amide bonds. The molecule has 0 fully saturated rings. The molecule has 0 saturated carbocycles. The van der Waals surface area contributed by atoms with Crippen LogP contribution in [-0.2, 0) is 0 Å². The second kappa shape index (κ2) is 4.94. The minimum atomic E-state index is -4.75. The molecule has 0 saturated heterocycles. The maximum Gasteiger partial charge on any atom is 0.573 e. The molecule has 1 aromatic carbocycles. The molecule has 1 nitrogen and oxygen atoms in total. The van der Waals surface area contributed by atoms with Gasteiger partial charge in [0.15, 0.2) is 0 Å². The largest absolute Gasteiger partial charge is 0.573 e. The summed E-state index contributed by atoms with van der Waals surface area (Å²) in [5.41, 5.74) is 0.238. The van der Waals surface area contributed by atoms with Crippen molar-refractivity contribution in [2.75, 3.05) is 0 Å². The summed E-state index contributed by atoms with van der Waals surface area (Å²) in [6.07, 6.45) is -4.75. The molecule has 1 aromatic rings. The van der Waals surface area contributed by atoms with E-state index in [2.05, 4.69) is 4.74 Å². The van der Waals surface area contributed by atoms with Crippen LogP contribution in [0.4, 0.5) is 17.6 Å². The predicted molar refractivity (Wildman–Crippen MR) is 56.3 cm³/mol. The zero-order chi connectivity index (χ0) is 13.2. The molecule has 0 aliphatic rings. The third-order valence-electron chi connectivity index (χ3n) is 2.69. The molecule has 96 valence electrons. The lowest BCUT2D eigenvalue weighted by molar-refractivity contribution is -0.274. The van der Waals surface area contributed by atoms with E-state index in [1.54, 1.807) is 6.92 Å². The standard InChI is InChI=1S/C12H14F4O/c1-7(2)8(3)10-6-9(4-5-11(10)13)17-12(14,15)16/h4-8H,1-3H3. The van der Waals surface area contributed by atoms with Gasteiger partial charge < -0.3 is 4.74 Å². The van der Waals surface area contributed by atoms with Gasteiger partial charge >= 0.3 is 6.36 Å². The maximum absolute atomic E-state index is 13.5. The average Bonchev–Trinajstić information content (AvgIpc) is 2.17. The van der Waals surface area contributed by atoms with Gasteiger partial charge in [0, 0.05) is 0 Å². The van der Waals surface area contributed by atoms with Crippen LogP contribution in [0.3, 0.4) is 0 Å².